The molecule has 1 aliphatic rings. The number of furan rings is 1. The Labute approximate surface area is 121 Å². The molecule has 1 heterocycles. The molecule has 1 aromatic heterocycles. The Morgan fingerprint density at radius 3 is 2.65 bits per heavy atom. The first-order valence-electron chi connectivity index (χ1n) is 8.06. The first-order valence-corrected chi connectivity index (χ1v) is 8.06. The van der Waals surface area contributed by atoms with E-state index < -0.39 is 0 Å². The normalized spacial score (nSPS) is 21.4. The predicted molar refractivity (Wildman–Crippen MR) is 78.7 cm³/mol. The van der Waals surface area contributed by atoms with Crippen LogP contribution in [0.25, 0.3) is 0 Å². The zero-order valence-corrected chi connectivity index (χ0v) is 12.5. The lowest BCUT2D eigenvalue weighted by Gasteiger charge is -2.16. The maximum absolute atomic E-state index is 12.2. The monoisotopic (exact) mass is 278 g/mol. The maximum atomic E-state index is 12.2. The summed E-state index contributed by atoms with van der Waals surface area (Å²) < 4.78 is 10.9. The highest BCUT2D eigenvalue weighted by molar-refractivity contribution is 5.77. The van der Waals surface area contributed by atoms with Crippen molar-refractivity contribution in [2.24, 2.45) is 0 Å². The Hall–Kier alpha value is -1.25. The second-order valence-corrected chi connectivity index (χ2v) is 5.63. The average molecular weight is 278 g/mol. The molecule has 0 N–H and O–H groups in total. The van der Waals surface area contributed by atoms with Crippen LogP contribution in [0.5, 0.6) is 0 Å². The lowest BCUT2D eigenvalue weighted by Crippen LogP contribution is -2.17. The first-order chi connectivity index (χ1) is 9.83. The highest BCUT2D eigenvalue weighted by Crippen LogP contribution is 2.30. The molecule has 0 spiro atoms. The van der Waals surface area contributed by atoms with Gasteiger partial charge >= 0.3 is 5.97 Å². The summed E-state index contributed by atoms with van der Waals surface area (Å²) in [6.07, 6.45) is 12.2. The van der Waals surface area contributed by atoms with Crippen LogP contribution in [0.1, 0.15) is 75.5 Å². The predicted octanol–water partition coefficient (Wildman–Crippen LogP) is 4.60. The highest BCUT2D eigenvalue weighted by atomic mass is 16.5. The topological polar surface area (TPSA) is 39.4 Å². The van der Waals surface area contributed by atoms with Gasteiger partial charge in [0.1, 0.15) is 11.7 Å². The Morgan fingerprint density at radius 2 is 1.90 bits per heavy atom. The number of fused-ring (bicyclic) bond motifs is 1. The van der Waals surface area contributed by atoms with E-state index in [0.29, 0.717) is 6.61 Å². The van der Waals surface area contributed by atoms with Gasteiger partial charge in [0.05, 0.1) is 12.9 Å². The largest absolute Gasteiger partial charge is 0.468 e. The number of carbonyl (C=O) groups excluding carboxylic acids is 1. The molecule has 0 saturated carbocycles. The molecular formula is C17H26O3. The lowest BCUT2D eigenvalue weighted by atomic mass is 9.92. The van der Waals surface area contributed by atoms with Crippen LogP contribution in [-0.4, -0.2) is 12.6 Å². The number of hydrogen-bond acceptors (Lipinski definition) is 3. The molecule has 1 aliphatic carbocycles. The molecule has 0 bridgehead atoms. The lowest BCUT2D eigenvalue weighted by molar-refractivity contribution is -0.145. The summed E-state index contributed by atoms with van der Waals surface area (Å²) in [6, 6.07) is 2.02. The fourth-order valence-corrected chi connectivity index (χ4v) is 3.01. The minimum atomic E-state index is -0.209. The molecule has 1 atom stereocenters. The van der Waals surface area contributed by atoms with Crippen LogP contribution in [0.2, 0.25) is 0 Å². The molecule has 0 aromatic carbocycles. The van der Waals surface area contributed by atoms with Gasteiger partial charge in [-0.25, -0.2) is 0 Å². The Morgan fingerprint density at radius 1 is 1.20 bits per heavy atom. The number of hydrogen-bond donors (Lipinski definition) is 0. The molecule has 0 aliphatic heterocycles. The van der Waals surface area contributed by atoms with Crippen molar-refractivity contribution in [3.05, 3.63) is 23.7 Å². The molecule has 20 heavy (non-hydrogen) atoms. The fourth-order valence-electron chi connectivity index (χ4n) is 3.01. The van der Waals surface area contributed by atoms with Crippen LogP contribution in [0.15, 0.2) is 16.7 Å². The van der Waals surface area contributed by atoms with Crippen molar-refractivity contribution in [1.82, 2.24) is 0 Å². The van der Waals surface area contributed by atoms with E-state index in [4.69, 9.17) is 9.15 Å². The van der Waals surface area contributed by atoms with E-state index in [-0.39, 0.29) is 11.9 Å². The third-order valence-electron chi connectivity index (χ3n) is 4.11. The zero-order valence-electron chi connectivity index (χ0n) is 12.5. The minimum Gasteiger partial charge on any atom is -0.468 e. The zero-order chi connectivity index (χ0) is 14.2. The van der Waals surface area contributed by atoms with Crippen LogP contribution >= 0.6 is 0 Å². The van der Waals surface area contributed by atoms with Crippen molar-refractivity contribution in [3.8, 4) is 0 Å². The summed E-state index contributed by atoms with van der Waals surface area (Å²) in [4.78, 5) is 12.2. The number of rotatable bonds is 2. The molecule has 0 saturated heterocycles. The number of esters is 1. The van der Waals surface area contributed by atoms with Gasteiger partial charge in [0.2, 0.25) is 0 Å². The van der Waals surface area contributed by atoms with Gasteiger partial charge in [-0.2, -0.15) is 0 Å². The van der Waals surface area contributed by atoms with Crippen LogP contribution in [-0.2, 0) is 16.0 Å². The van der Waals surface area contributed by atoms with Crippen LogP contribution < -0.4 is 0 Å². The van der Waals surface area contributed by atoms with Crippen molar-refractivity contribution in [3.63, 3.8) is 0 Å². The van der Waals surface area contributed by atoms with E-state index in [1.165, 1.54) is 44.1 Å². The minimum absolute atomic E-state index is 0.124. The van der Waals surface area contributed by atoms with Gasteiger partial charge < -0.3 is 9.15 Å². The summed E-state index contributed by atoms with van der Waals surface area (Å²) in [6.45, 7) is 2.29. The van der Waals surface area contributed by atoms with E-state index in [0.717, 1.165) is 25.0 Å². The van der Waals surface area contributed by atoms with E-state index in [1.54, 1.807) is 6.26 Å². The summed E-state index contributed by atoms with van der Waals surface area (Å²) in [5.41, 5.74) is 1.20. The van der Waals surface area contributed by atoms with Gasteiger partial charge in [0, 0.05) is 0 Å². The average Bonchev–Trinajstić information content (AvgIpc) is 2.87. The standard InChI is InChI=1S/C17H26O3/c1-2-19-17(18)15-11-9-7-5-3-4-6-8-10-14-12-13-20-16(14)15/h12-13,15H,2-11H2,1H3. The molecule has 0 fully saturated rings. The van der Waals surface area contributed by atoms with Gasteiger partial charge in [0.15, 0.2) is 0 Å². The van der Waals surface area contributed by atoms with E-state index in [9.17, 15) is 4.79 Å². The third-order valence-corrected chi connectivity index (χ3v) is 4.11. The third kappa shape index (κ3) is 4.12. The Kier molecular flexibility index (Phi) is 6.16. The van der Waals surface area contributed by atoms with Gasteiger partial charge in [-0.1, -0.05) is 38.5 Å². The number of aryl methyl sites for hydroxylation is 1. The van der Waals surface area contributed by atoms with E-state index in [2.05, 4.69) is 0 Å². The molecule has 1 unspecified atom stereocenters. The number of carbonyl (C=O) groups is 1. The van der Waals surface area contributed by atoms with Gasteiger partial charge in [-0.05, 0) is 37.8 Å². The quantitative estimate of drug-likeness (QED) is 0.742. The molecule has 0 radical (unpaired) electrons. The first kappa shape index (κ1) is 15.1. The summed E-state index contributed by atoms with van der Waals surface area (Å²) in [5.74, 6) is 0.518. The highest BCUT2D eigenvalue weighted by Gasteiger charge is 2.27. The summed E-state index contributed by atoms with van der Waals surface area (Å²) >= 11 is 0. The van der Waals surface area contributed by atoms with Gasteiger partial charge in [-0.3, -0.25) is 4.79 Å². The van der Waals surface area contributed by atoms with Crippen molar-refractivity contribution >= 4 is 5.97 Å². The number of ether oxygens (including phenoxy) is 1. The molecule has 0 amide bonds. The van der Waals surface area contributed by atoms with Crippen molar-refractivity contribution < 1.29 is 13.9 Å². The summed E-state index contributed by atoms with van der Waals surface area (Å²) in [5, 5.41) is 0. The van der Waals surface area contributed by atoms with Crippen molar-refractivity contribution in [1.29, 1.82) is 0 Å². The maximum Gasteiger partial charge on any atom is 0.316 e. The van der Waals surface area contributed by atoms with Crippen molar-refractivity contribution in [2.45, 2.75) is 70.6 Å². The second kappa shape index (κ2) is 8.13. The van der Waals surface area contributed by atoms with E-state index in [1.807, 2.05) is 13.0 Å². The van der Waals surface area contributed by atoms with E-state index >= 15 is 0 Å². The van der Waals surface area contributed by atoms with Crippen LogP contribution in [0.3, 0.4) is 0 Å². The molecule has 3 heteroatoms. The van der Waals surface area contributed by atoms with Crippen LogP contribution in [0, 0.1) is 0 Å². The fraction of sp³-hybridized carbons (Fsp3) is 0.706. The van der Waals surface area contributed by atoms with Crippen LogP contribution in [0.4, 0.5) is 0 Å². The molecule has 112 valence electrons. The molecular weight excluding hydrogens is 252 g/mol. The Balaban J connectivity index is 2.14. The molecule has 3 nitrogen and oxygen atoms in total. The Bertz CT molecular complexity index is 408. The van der Waals surface area contributed by atoms with Gasteiger partial charge in [0.25, 0.3) is 0 Å². The van der Waals surface area contributed by atoms with Gasteiger partial charge in [-0.15, -0.1) is 0 Å². The van der Waals surface area contributed by atoms with Crippen molar-refractivity contribution in [2.75, 3.05) is 6.61 Å². The molecule has 2 rings (SSSR count). The molecule has 1 aromatic rings. The SMILES string of the molecule is CCOC(=O)C1CCCCCCCCCc2ccoc21. The second-order valence-electron chi connectivity index (χ2n) is 5.63. The smallest absolute Gasteiger partial charge is 0.316 e. The summed E-state index contributed by atoms with van der Waals surface area (Å²) in [7, 11) is 0.